The Labute approximate surface area is 390 Å². The molecule has 0 radical (unpaired) electrons. The molecule has 14 nitrogen and oxygen atoms in total. The number of ether oxygens (including phenoxy) is 5. The quantitative estimate of drug-likeness (QED) is 0.0531. The molecule has 65 heavy (non-hydrogen) atoms. The molecule has 4 rings (SSSR count). The summed E-state index contributed by atoms with van der Waals surface area (Å²) in [6.07, 6.45) is 4.12. The zero-order valence-electron chi connectivity index (χ0n) is 41.2. The van der Waals surface area contributed by atoms with Crippen LogP contribution in [-0.4, -0.2) is 117 Å². The third-order valence-electron chi connectivity index (χ3n) is 13.1. The largest absolute Gasteiger partial charge is 0.493 e. The summed E-state index contributed by atoms with van der Waals surface area (Å²) in [5, 5.41) is 2.79. The number of nitrogens with zero attached hydrogens (tertiary/aromatic N) is 2. The van der Waals surface area contributed by atoms with Crippen molar-refractivity contribution in [1.29, 1.82) is 0 Å². The van der Waals surface area contributed by atoms with Gasteiger partial charge in [-0.2, -0.15) is 0 Å². The van der Waals surface area contributed by atoms with E-state index >= 15 is 0 Å². The van der Waals surface area contributed by atoms with Gasteiger partial charge in [-0.05, 0) is 80.5 Å². The van der Waals surface area contributed by atoms with Crippen LogP contribution < -0.4 is 30.0 Å². The molecule has 0 unspecified atom stereocenters. The molecule has 2 fully saturated rings. The van der Waals surface area contributed by atoms with Crippen LogP contribution >= 0.6 is 0 Å². The van der Waals surface area contributed by atoms with Gasteiger partial charge < -0.3 is 48.1 Å². The Balaban J connectivity index is 1.39. The lowest BCUT2D eigenvalue weighted by Crippen LogP contribution is -2.46. The number of benzene rings is 2. The van der Waals surface area contributed by atoms with Crippen LogP contribution in [0.1, 0.15) is 94.4 Å². The van der Waals surface area contributed by atoms with Crippen molar-refractivity contribution in [3.8, 4) is 23.0 Å². The molecule has 2 aliphatic heterocycles. The topological polar surface area (TPSA) is 160 Å². The molecule has 2 heterocycles. The number of nitrogens with two attached hydrogens (primary N) is 1. The number of hydrogen-bond donors (Lipinski definition) is 2. The maximum Gasteiger partial charge on any atom is 0.411 e. The number of nitrogen functional groups attached to an aromatic ring is 1. The number of methoxy groups -OCH3 is 2. The molecule has 2 aliphatic rings. The first-order chi connectivity index (χ1) is 30.3. The molecule has 0 saturated carbocycles. The number of nitrogens with one attached hydrogen (secondary N) is 1. The van der Waals surface area contributed by atoms with Gasteiger partial charge in [-0.1, -0.05) is 78.5 Å². The maximum atomic E-state index is 14.3. The van der Waals surface area contributed by atoms with E-state index in [0.29, 0.717) is 99.4 Å². The molecule has 3 N–H and O–H groups in total. The monoisotopic (exact) mass is 937 g/mol. The van der Waals surface area contributed by atoms with Gasteiger partial charge in [0.15, 0.2) is 39.6 Å². The highest BCUT2D eigenvalue weighted by Gasteiger charge is 2.42. The van der Waals surface area contributed by atoms with Crippen molar-refractivity contribution < 1.29 is 46.9 Å². The molecule has 16 heteroatoms. The van der Waals surface area contributed by atoms with Gasteiger partial charge in [-0.25, -0.2) is 4.79 Å². The number of unbranched alkanes of at least 4 members (excludes halogenated alkanes) is 2. The van der Waals surface area contributed by atoms with E-state index in [1.807, 2.05) is 0 Å². The first kappa shape index (κ1) is 52.8. The number of amides is 3. The molecule has 0 bridgehead atoms. The van der Waals surface area contributed by atoms with Crippen LogP contribution in [0.4, 0.5) is 16.2 Å². The predicted octanol–water partition coefficient (Wildman–Crippen LogP) is 10.2. The van der Waals surface area contributed by atoms with Gasteiger partial charge in [-0.15, -0.1) is 0 Å². The number of carbonyl (C=O) groups is 3. The van der Waals surface area contributed by atoms with Crippen molar-refractivity contribution in [3.05, 3.63) is 72.4 Å². The third-order valence-corrected chi connectivity index (χ3v) is 22.1. The Hall–Kier alpha value is -4.78. The van der Waals surface area contributed by atoms with Gasteiger partial charge >= 0.3 is 6.09 Å². The first-order valence-corrected chi connectivity index (χ1v) is 28.4. The Morgan fingerprint density at radius 2 is 1.17 bits per heavy atom. The van der Waals surface area contributed by atoms with E-state index in [0.717, 1.165) is 17.6 Å². The highest BCUT2D eigenvalue weighted by atomic mass is 28.4. The summed E-state index contributed by atoms with van der Waals surface area (Å²) in [5.41, 5.74) is 9.48. The van der Waals surface area contributed by atoms with Crippen LogP contribution in [0.2, 0.25) is 36.3 Å². The maximum absolute atomic E-state index is 14.3. The van der Waals surface area contributed by atoms with E-state index in [-0.39, 0.29) is 51.8 Å². The van der Waals surface area contributed by atoms with E-state index in [1.54, 1.807) is 34.1 Å². The van der Waals surface area contributed by atoms with Gasteiger partial charge in [0.25, 0.3) is 11.8 Å². The molecule has 2 saturated heterocycles. The van der Waals surface area contributed by atoms with Crippen LogP contribution in [0.5, 0.6) is 23.0 Å². The van der Waals surface area contributed by atoms with Gasteiger partial charge in [0.05, 0.1) is 69.5 Å². The fourth-order valence-electron chi connectivity index (χ4n) is 7.05. The summed E-state index contributed by atoms with van der Waals surface area (Å²) in [6.45, 7) is 36.2. The van der Waals surface area contributed by atoms with Crippen molar-refractivity contribution in [3.63, 3.8) is 0 Å². The summed E-state index contributed by atoms with van der Waals surface area (Å²) in [7, 11) is -1.08. The highest BCUT2D eigenvalue weighted by molar-refractivity contribution is 6.74. The van der Waals surface area contributed by atoms with Crippen molar-refractivity contribution in [1.82, 2.24) is 9.80 Å². The molecule has 2 atom stereocenters. The highest BCUT2D eigenvalue weighted by Crippen LogP contribution is 2.41. The number of likely N-dealkylation sites (tertiary alicyclic amines) is 2. The average Bonchev–Trinajstić information content (AvgIpc) is 3.80. The normalized spacial score (nSPS) is 17.0. The molecule has 2 aromatic carbocycles. The number of carbonyl (C=O) groups excluding carboxylic acids is 3. The average molecular weight is 937 g/mol. The van der Waals surface area contributed by atoms with Gasteiger partial charge in [-0.3, -0.25) is 14.9 Å². The number of hydrogen-bond acceptors (Lipinski definition) is 11. The summed E-state index contributed by atoms with van der Waals surface area (Å²) in [6, 6.07) is 6.12. The second-order valence-electron chi connectivity index (χ2n) is 20.1. The van der Waals surface area contributed by atoms with E-state index in [1.165, 1.54) is 20.3 Å². The van der Waals surface area contributed by atoms with Gasteiger partial charge in [0, 0.05) is 30.9 Å². The Kier molecular flexibility index (Phi) is 18.0. The van der Waals surface area contributed by atoms with Crippen molar-refractivity contribution >= 4 is 45.9 Å². The number of rotatable bonds is 21. The summed E-state index contributed by atoms with van der Waals surface area (Å²) >= 11 is 0. The minimum atomic E-state index is -2.09. The molecular weight excluding hydrogens is 861 g/mol. The smallest absolute Gasteiger partial charge is 0.411 e. The molecule has 2 aromatic rings. The second-order valence-corrected chi connectivity index (χ2v) is 29.8. The lowest BCUT2D eigenvalue weighted by atomic mass is 10.1. The van der Waals surface area contributed by atoms with E-state index < -0.39 is 22.7 Å². The second kappa shape index (κ2) is 22.1. The zero-order valence-corrected chi connectivity index (χ0v) is 43.2. The molecular formula is C49H76N4O10Si2. The van der Waals surface area contributed by atoms with Crippen LogP contribution in [0.25, 0.3) is 0 Å². The number of anilines is 2. The van der Waals surface area contributed by atoms with E-state index in [9.17, 15) is 14.4 Å². The Morgan fingerprint density at radius 3 is 1.62 bits per heavy atom. The van der Waals surface area contributed by atoms with Gasteiger partial charge in [0.2, 0.25) is 0 Å². The minimum absolute atomic E-state index is 0.00757. The predicted molar refractivity (Wildman–Crippen MR) is 264 cm³/mol. The molecule has 0 aromatic heterocycles. The third kappa shape index (κ3) is 13.6. The van der Waals surface area contributed by atoms with E-state index in [4.69, 9.17) is 38.3 Å². The van der Waals surface area contributed by atoms with Crippen LogP contribution in [0.3, 0.4) is 0 Å². The zero-order chi connectivity index (χ0) is 48.5. The molecule has 3 amide bonds. The standard InChI is InChI=1S/C49H76N4O10Si2/c1-16-20-61-47(56)51-40-28-44(42(58-11)26-38(40)46(55)53-30-34(3)24-36(53)32-63-65(14,15)49(7,8)9)60-22-19-17-18-21-59-43-27-39(50)37(25-41(43)57-10)45(54)52-29-33(2)23-35(52)31-62-64(12,13)48(4,5)6/h16,25-28,35-36H,1-3,17-24,29-32,50H2,4-15H3,(H,51,56)/t35-,36-/m0/s1. The summed E-state index contributed by atoms with van der Waals surface area (Å²) in [4.78, 5) is 44.6. The van der Waals surface area contributed by atoms with Crippen molar-refractivity contribution in [2.45, 2.75) is 122 Å². The first-order valence-electron chi connectivity index (χ1n) is 22.6. The fraction of sp³-hybridized carbons (Fsp3) is 0.571. The summed E-state index contributed by atoms with van der Waals surface area (Å²) < 4.78 is 41.9. The van der Waals surface area contributed by atoms with Crippen LogP contribution in [0, 0.1) is 0 Å². The SMILES string of the molecule is C=CCOC(=O)Nc1cc(OCCCCCOc2cc(N)c(C(=O)N3CC(=C)C[C@H]3CO[Si](C)(C)C(C)(C)C)cc2OC)c(OC)cc1C(=O)N1CC(=C)C[C@H]1CO[Si](C)(C)C(C)(C)C. The lowest BCUT2D eigenvalue weighted by Gasteiger charge is -2.38. The Morgan fingerprint density at radius 1 is 0.723 bits per heavy atom. The minimum Gasteiger partial charge on any atom is -0.493 e. The molecule has 360 valence electrons. The summed E-state index contributed by atoms with van der Waals surface area (Å²) in [5.74, 6) is 1.05. The van der Waals surface area contributed by atoms with Crippen LogP contribution in [-0.2, 0) is 13.6 Å². The molecule has 0 spiro atoms. The van der Waals surface area contributed by atoms with Crippen molar-refractivity contribution in [2.24, 2.45) is 0 Å². The fourth-order valence-corrected chi connectivity index (χ4v) is 9.14. The van der Waals surface area contributed by atoms with Crippen molar-refractivity contribution in [2.75, 3.05) is 71.4 Å². The van der Waals surface area contributed by atoms with E-state index in [2.05, 4.69) is 92.8 Å². The van der Waals surface area contributed by atoms with Gasteiger partial charge in [0.1, 0.15) is 6.61 Å². The lowest BCUT2D eigenvalue weighted by molar-refractivity contribution is 0.0680. The Bertz CT molecular complexity index is 2060. The molecule has 0 aliphatic carbocycles. The van der Waals surface area contributed by atoms with Crippen LogP contribution in [0.15, 0.2) is 61.2 Å².